The smallest absolute Gasteiger partial charge is 0.356 e. The van der Waals surface area contributed by atoms with Crippen molar-refractivity contribution in [3.63, 3.8) is 0 Å². The Bertz CT molecular complexity index is 827. The van der Waals surface area contributed by atoms with Gasteiger partial charge in [-0.15, -0.1) is 0 Å². The molecule has 2 heterocycles. The third-order valence-corrected chi connectivity index (χ3v) is 2.91. The van der Waals surface area contributed by atoms with E-state index in [1.165, 1.54) is 16.8 Å². The minimum atomic E-state index is -1.15. The molecule has 0 aliphatic rings. The SMILES string of the molecule is O=C(O)c1cn2cc(-c3cc(F)ccc3F)ccc2n1. The summed E-state index contributed by atoms with van der Waals surface area (Å²) in [7, 11) is 0. The lowest BCUT2D eigenvalue weighted by molar-refractivity contribution is 0.0691. The molecule has 0 saturated carbocycles. The van der Waals surface area contributed by atoms with Gasteiger partial charge in [0.2, 0.25) is 0 Å². The third-order valence-electron chi connectivity index (χ3n) is 2.91. The van der Waals surface area contributed by atoms with Gasteiger partial charge in [-0.3, -0.25) is 0 Å². The van der Waals surface area contributed by atoms with Gasteiger partial charge in [-0.1, -0.05) is 0 Å². The summed E-state index contributed by atoms with van der Waals surface area (Å²) >= 11 is 0. The number of fused-ring (bicyclic) bond motifs is 1. The maximum Gasteiger partial charge on any atom is 0.356 e. The standard InChI is InChI=1S/C14H8F2N2O2/c15-9-2-3-11(16)10(5-9)8-1-4-13-17-12(14(19)20)7-18(13)6-8/h1-7H,(H,19,20). The van der Waals surface area contributed by atoms with E-state index in [4.69, 9.17) is 5.11 Å². The molecular formula is C14H8F2N2O2. The summed E-state index contributed by atoms with van der Waals surface area (Å²) in [5.74, 6) is -2.24. The fraction of sp³-hybridized carbons (Fsp3) is 0. The Morgan fingerprint density at radius 3 is 2.70 bits per heavy atom. The van der Waals surface area contributed by atoms with Crippen molar-refractivity contribution < 1.29 is 18.7 Å². The quantitative estimate of drug-likeness (QED) is 0.781. The minimum absolute atomic E-state index is 0.109. The van der Waals surface area contributed by atoms with Crippen LogP contribution in [0.25, 0.3) is 16.8 Å². The van der Waals surface area contributed by atoms with E-state index in [9.17, 15) is 13.6 Å². The summed E-state index contributed by atoms with van der Waals surface area (Å²) in [4.78, 5) is 14.7. The number of aromatic nitrogens is 2. The van der Waals surface area contributed by atoms with E-state index in [0.717, 1.165) is 18.2 Å². The van der Waals surface area contributed by atoms with Gasteiger partial charge in [-0.2, -0.15) is 0 Å². The number of rotatable bonds is 2. The molecule has 0 fully saturated rings. The molecule has 1 N–H and O–H groups in total. The van der Waals surface area contributed by atoms with E-state index in [1.807, 2.05) is 0 Å². The second-order valence-electron chi connectivity index (χ2n) is 4.24. The van der Waals surface area contributed by atoms with Crippen molar-refractivity contribution in [1.29, 1.82) is 0 Å². The molecule has 20 heavy (non-hydrogen) atoms. The average Bonchev–Trinajstić information content (AvgIpc) is 2.84. The Kier molecular flexibility index (Phi) is 2.71. The van der Waals surface area contributed by atoms with Gasteiger partial charge in [-0.25, -0.2) is 18.6 Å². The number of hydrogen-bond donors (Lipinski definition) is 1. The number of imidazole rings is 1. The lowest BCUT2D eigenvalue weighted by Crippen LogP contribution is -1.94. The summed E-state index contributed by atoms with van der Waals surface area (Å²) in [6.45, 7) is 0. The maximum atomic E-state index is 13.7. The van der Waals surface area contributed by atoms with Crippen LogP contribution in [0.2, 0.25) is 0 Å². The molecule has 0 unspecified atom stereocenters. The average molecular weight is 274 g/mol. The zero-order chi connectivity index (χ0) is 14.3. The van der Waals surface area contributed by atoms with E-state index < -0.39 is 17.6 Å². The number of pyridine rings is 1. The van der Waals surface area contributed by atoms with Crippen molar-refractivity contribution >= 4 is 11.6 Å². The Hall–Kier alpha value is -2.76. The molecule has 0 amide bonds. The lowest BCUT2D eigenvalue weighted by Gasteiger charge is -2.04. The van der Waals surface area contributed by atoms with E-state index in [1.54, 1.807) is 12.1 Å². The Morgan fingerprint density at radius 2 is 1.95 bits per heavy atom. The lowest BCUT2D eigenvalue weighted by atomic mass is 10.1. The van der Waals surface area contributed by atoms with Gasteiger partial charge < -0.3 is 9.51 Å². The Labute approximate surface area is 111 Å². The highest BCUT2D eigenvalue weighted by Crippen LogP contribution is 2.24. The molecule has 0 radical (unpaired) electrons. The molecule has 0 aliphatic heterocycles. The monoisotopic (exact) mass is 274 g/mol. The number of benzene rings is 1. The first-order chi connectivity index (χ1) is 9.54. The number of hydrogen-bond acceptors (Lipinski definition) is 2. The first-order valence-corrected chi connectivity index (χ1v) is 5.72. The molecule has 0 atom stereocenters. The molecule has 0 spiro atoms. The van der Waals surface area contributed by atoms with Crippen LogP contribution >= 0.6 is 0 Å². The first-order valence-electron chi connectivity index (χ1n) is 5.72. The summed E-state index contributed by atoms with van der Waals surface area (Å²) in [5.41, 5.74) is 0.853. The van der Waals surface area contributed by atoms with Crippen LogP contribution in [0.4, 0.5) is 8.78 Å². The van der Waals surface area contributed by atoms with Crippen LogP contribution in [0.5, 0.6) is 0 Å². The van der Waals surface area contributed by atoms with Crippen molar-refractivity contribution in [2.45, 2.75) is 0 Å². The molecular weight excluding hydrogens is 266 g/mol. The van der Waals surface area contributed by atoms with Gasteiger partial charge in [0.1, 0.15) is 17.3 Å². The maximum absolute atomic E-state index is 13.7. The van der Waals surface area contributed by atoms with Crippen molar-refractivity contribution in [2.75, 3.05) is 0 Å². The second kappa shape index (κ2) is 4.41. The summed E-state index contributed by atoms with van der Waals surface area (Å²) in [6.07, 6.45) is 2.82. The highest BCUT2D eigenvalue weighted by molar-refractivity contribution is 5.86. The normalized spacial score (nSPS) is 10.9. The number of halogens is 2. The minimum Gasteiger partial charge on any atom is -0.476 e. The van der Waals surface area contributed by atoms with E-state index >= 15 is 0 Å². The summed E-state index contributed by atoms with van der Waals surface area (Å²) in [5, 5.41) is 8.87. The third kappa shape index (κ3) is 2.01. The van der Waals surface area contributed by atoms with Crippen LogP contribution in [0.3, 0.4) is 0 Å². The number of carbonyl (C=O) groups is 1. The molecule has 0 bridgehead atoms. The Morgan fingerprint density at radius 1 is 1.15 bits per heavy atom. The second-order valence-corrected chi connectivity index (χ2v) is 4.24. The zero-order valence-electron chi connectivity index (χ0n) is 10.0. The van der Waals surface area contributed by atoms with Gasteiger partial charge in [0.05, 0.1) is 0 Å². The summed E-state index contributed by atoms with van der Waals surface area (Å²) < 4.78 is 28.4. The van der Waals surface area contributed by atoms with Crippen LogP contribution in [0.15, 0.2) is 42.7 Å². The van der Waals surface area contributed by atoms with E-state index in [2.05, 4.69) is 4.98 Å². The number of nitrogens with zero attached hydrogens (tertiary/aromatic N) is 2. The predicted molar refractivity (Wildman–Crippen MR) is 67.5 cm³/mol. The molecule has 6 heteroatoms. The molecule has 4 nitrogen and oxygen atoms in total. The zero-order valence-corrected chi connectivity index (χ0v) is 10.0. The van der Waals surface area contributed by atoms with Gasteiger partial charge in [-0.05, 0) is 30.3 Å². The number of aromatic carboxylic acids is 1. The van der Waals surface area contributed by atoms with Crippen LogP contribution in [0.1, 0.15) is 10.5 Å². The van der Waals surface area contributed by atoms with Crippen molar-refractivity contribution in [2.24, 2.45) is 0 Å². The van der Waals surface area contributed by atoms with Crippen LogP contribution < -0.4 is 0 Å². The first kappa shape index (κ1) is 12.3. The fourth-order valence-electron chi connectivity index (χ4n) is 1.97. The van der Waals surface area contributed by atoms with Crippen molar-refractivity contribution in [3.05, 3.63) is 60.1 Å². The van der Waals surface area contributed by atoms with Crippen LogP contribution in [0, 0.1) is 11.6 Å². The largest absolute Gasteiger partial charge is 0.476 e. The van der Waals surface area contributed by atoms with Crippen LogP contribution in [-0.4, -0.2) is 20.5 Å². The molecule has 1 aromatic carbocycles. The molecule has 100 valence electrons. The number of carboxylic acid groups (broad SMARTS) is 1. The van der Waals surface area contributed by atoms with Crippen LogP contribution in [-0.2, 0) is 0 Å². The highest BCUT2D eigenvalue weighted by Gasteiger charge is 2.11. The Balaban J connectivity index is 2.17. The van der Waals surface area contributed by atoms with Gasteiger partial charge in [0.15, 0.2) is 5.69 Å². The fourth-order valence-corrected chi connectivity index (χ4v) is 1.97. The van der Waals surface area contributed by atoms with Gasteiger partial charge in [0, 0.05) is 23.5 Å². The molecule has 2 aromatic heterocycles. The van der Waals surface area contributed by atoms with Gasteiger partial charge >= 0.3 is 5.97 Å². The van der Waals surface area contributed by atoms with E-state index in [0.29, 0.717) is 11.2 Å². The predicted octanol–water partition coefficient (Wildman–Crippen LogP) is 2.98. The summed E-state index contributed by atoms with van der Waals surface area (Å²) in [6, 6.07) is 6.28. The highest BCUT2D eigenvalue weighted by atomic mass is 19.1. The van der Waals surface area contributed by atoms with Crippen molar-refractivity contribution in [1.82, 2.24) is 9.38 Å². The molecule has 0 saturated heterocycles. The van der Waals surface area contributed by atoms with Crippen molar-refractivity contribution in [3.8, 4) is 11.1 Å². The molecule has 3 aromatic rings. The molecule has 3 rings (SSSR count). The van der Waals surface area contributed by atoms with Gasteiger partial charge in [0.25, 0.3) is 0 Å². The topological polar surface area (TPSA) is 54.6 Å². The van der Waals surface area contributed by atoms with E-state index in [-0.39, 0.29) is 11.3 Å². The number of carboxylic acids is 1. The molecule has 0 aliphatic carbocycles.